The summed E-state index contributed by atoms with van der Waals surface area (Å²) in [5.41, 5.74) is 2.07. The zero-order valence-corrected chi connectivity index (χ0v) is 15.1. The van der Waals surface area contributed by atoms with Crippen molar-refractivity contribution >= 4 is 11.6 Å². The number of piperidine rings is 1. The van der Waals surface area contributed by atoms with Crippen molar-refractivity contribution in [2.45, 2.75) is 32.1 Å². The van der Waals surface area contributed by atoms with Gasteiger partial charge in [0, 0.05) is 37.1 Å². The van der Waals surface area contributed by atoms with Crippen molar-refractivity contribution in [3.8, 4) is 5.75 Å². The number of pyridine rings is 1. The molecule has 0 spiro atoms. The van der Waals surface area contributed by atoms with E-state index in [0.717, 1.165) is 25.0 Å². The molecule has 8 nitrogen and oxygen atoms in total. The third-order valence-electron chi connectivity index (χ3n) is 5.26. The van der Waals surface area contributed by atoms with Gasteiger partial charge in [-0.15, -0.1) is 0 Å². The van der Waals surface area contributed by atoms with E-state index in [4.69, 9.17) is 0 Å². The lowest BCUT2D eigenvalue weighted by Gasteiger charge is -2.31. The summed E-state index contributed by atoms with van der Waals surface area (Å²) in [6.45, 7) is 3.26. The van der Waals surface area contributed by atoms with Crippen molar-refractivity contribution in [1.82, 2.24) is 24.5 Å². The number of aryl methyl sites for hydroxylation is 1. The van der Waals surface area contributed by atoms with Gasteiger partial charge in [-0.25, -0.2) is 4.98 Å². The Morgan fingerprint density at radius 1 is 1.33 bits per heavy atom. The maximum atomic E-state index is 12.9. The number of hydrogen-bond donors (Lipinski definition) is 2. The first-order valence-electron chi connectivity index (χ1n) is 9.11. The van der Waals surface area contributed by atoms with Crippen LogP contribution in [0.2, 0.25) is 0 Å². The molecule has 1 saturated heterocycles. The monoisotopic (exact) mass is 367 g/mol. The molecule has 140 valence electrons. The number of hydrogen-bond acceptors (Lipinski definition) is 5. The summed E-state index contributed by atoms with van der Waals surface area (Å²) in [5, 5.41) is 17.0. The highest BCUT2D eigenvalue weighted by molar-refractivity contribution is 5.94. The second-order valence-electron chi connectivity index (χ2n) is 6.79. The number of fused-ring (bicyclic) bond motifs is 1. The summed E-state index contributed by atoms with van der Waals surface area (Å²) in [6, 6.07) is 2.99. The molecule has 1 aliphatic rings. The second kappa shape index (κ2) is 6.86. The third kappa shape index (κ3) is 2.97. The molecule has 0 radical (unpaired) electrons. The van der Waals surface area contributed by atoms with Gasteiger partial charge in [0.2, 0.25) is 0 Å². The van der Waals surface area contributed by atoms with Crippen LogP contribution in [0.3, 0.4) is 0 Å². The molecule has 0 unspecified atom stereocenters. The average molecular weight is 367 g/mol. The van der Waals surface area contributed by atoms with Crippen LogP contribution in [0.1, 0.15) is 47.3 Å². The standard InChI is InChI=1S/C19H21N5O3/c1-2-12-10-21-22-16(12)13-5-8-23(9-6-13)18(26)14-11-20-17-15(25)4-3-7-24(17)19(14)27/h3-4,7,10-11,13,25H,2,5-6,8-9H2,1H3,(H,21,22). The number of nitrogens with one attached hydrogen (secondary N) is 1. The van der Waals surface area contributed by atoms with Crippen molar-refractivity contribution in [1.29, 1.82) is 0 Å². The van der Waals surface area contributed by atoms with Crippen molar-refractivity contribution in [3.63, 3.8) is 0 Å². The van der Waals surface area contributed by atoms with Crippen LogP contribution in [-0.4, -0.2) is 48.6 Å². The van der Waals surface area contributed by atoms with Gasteiger partial charge in [0.15, 0.2) is 11.4 Å². The zero-order valence-electron chi connectivity index (χ0n) is 15.1. The van der Waals surface area contributed by atoms with Crippen molar-refractivity contribution in [2.75, 3.05) is 13.1 Å². The first-order valence-corrected chi connectivity index (χ1v) is 9.11. The number of aromatic nitrogens is 4. The minimum Gasteiger partial charge on any atom is -0.504 e. The van der Waals surface area contributed by atoms with Gasteiger partial charge < -0.3 is 10.0 Å². The average Bonchev–Trinajstić information content (AvgIpc) is 3.17. The second-order valence-corrected chi connectivity index (χ2v) is 6.79. The highest BCUT2D eigenvalue weighted by Crippen LogP contribution is 2.29. The molecule has 0 bridgehead atoms. The van der Waals surface area contributed by atoms with Crippen LogP contribution in [0.25, 0.3) is 5.65 Å². The number of rotatable bonds is 3. The number of amides is 1. The van der Waals surface area contributed by atoms with Gasteiger partial charge in [-0.1, -0.05) is 6.92 Å². The zero-order chi connectivity index (χ0) is 19.0. The van der Waals surface area contributed by atoms with Crippen LogP contribution < -0.4 is 5.56 Å². The van der Waals surface area contributed by atoms with Crippen LogP contribution in [0.5, 0.6) is 5.75 Å². The van der Waals surface area contributed by atoms with Gasteiger partial charge in [-0.05, 0) is 37.0 Å². The number of nitrogens with zero attached hydrogens (tertiary/aromatic N) is 4. The molecule has 1 aliphatic heterocycles. The van der Waals surface area contributed by atoms with E-state index < -0.39 is 5.56 Å². The van der Waals surface area contributed by atoms with Crippen LogP contribution in [-0.2, 0) is 6.42 Å². The van der Waals surface area contributed by atoms with Crippen LogP contribution >= 0.6 is 0 Å². The van der Waals surface area contributed by atoms with E-state index in [1.807, 2.05) is 6.20 Å². The predicted octanol–water partition coefficient (Wildman–Crippen LogP) is 1.71. The van der Waals surface area contributed by atoms with Crippen molar-refractivity contribution in [3.05, 3.63) is 57.9 Å². The lowest BCUT2D eigenvalue weighted by molar-refractivity contribution is 0.0709. The summed E-state index contributed by atoms with van der Waals surface area (Å²) in [4.78, 5) is 31.3. The molecule has 0 aromatic carbocycles. The molecule has 0 aliphatic carbocycles. The molecule has 1 fully saturated rings. The third-order valence-corrected chi connectivity index (χ3v) is 5.26. The number of aromatic amines is 1. The summed E-state index contributed by atoms with van der Waals surface area (Å²) in [5.74, 6) is -0.0657. The number of likely N-dealkylation sites (tertiary alicyclic amines) is 1. The molecule has 1 amide bonds. The number of carbonyl (C=O) groups excluding carboxylic acids is 1. The maximum absolute atomic E-state index is 12.9. The van der Waals surface area contributed by atoms with Crippen LogP contribution in [0, 0.1) is 0 Å². The first-order chi connectivity index (χ1) is 13.1. The largest absolute Gasteiger partial charge is 0.504 e. The van der Waals surface area contributed by atoms with E-state index >= 15 is 0 Å². The van der Waals surface area contributed by atoms with Gasteiger partial charge in [0.25, 0.3) is 11.5 Å². The number of carbonyl (C=O) groups is 1. The number of aromatic hydroxyl groups is 1. The maximum Gasteiger partial charge on any atom is 0.270 e. The van der Waals surface area contributed by atoms with E-state index in [-0.39, 0.29) is 22.9 Å². The molecular formula is C19H21N5O3. The molecule has 0 saturated carbocycles. The molecule has 4 heterocycles. The van der Waals surface area contributed by atoms with E-state index in [1.165, 1.54) is 28.4 Å². The van der Waals surface area contributed by atoms with Crippen molar-refractivity contribution in [2.24, 2.45) is 0 Å². The Kier molecular flexibility index (Phi) is 4.39. The predicted molar refractivity (Wildman–Crippen MR) is 99.0 cm³/mol. The fourth-order valence-corrected chi connectivity index (χ4v) is 3.74. The lowest BCUT2D eigenvalue weighted by atomic mass is 9.90. The topological polar surface area (TPSA) is 104 Å². The quantitative estimate of drug-likeness (QED) is 0.733. The Labute approximate surface area is 155 Å². The van der Waals surface area contributed by atoms with E-state index in [0.29, 0.717) is 19.0 Å². The van der Waals surface area contributed by atoms with Gasteiger partial charge in [0.05, 0.1) is 6.20 Å². The first kappa shape index (κ1) is 17.3. The van der Waals surface area contributed by atoms with Gasteiger partial charge in [-0.2, -0.15) is 5.10 Å². The fraction of sp³-hybridized carbons (Fsp3) is 0.368. The molecule has 3 aromatic rings. The summed E-state index contributed by atoms with van der Waals surface area (Å²) in [7, 11) is 0. The van der Waals surface area contributed by atoms with E-state index in [2.05, 4.69) is 22.1 Å². The number of H-pyrrole nitrogens is 1. The van der Waals surface area contributed by atoms with Crippen LogP contribution in [0.15, 0.2) is 35.5 Å². The Morgan fingerprint density at radius 2 is 2.11 bits per heavy atom. The minimum atomic E-state index is -0.468. The normalized spacial score (nSPS) is 15.4. The Bertz CT molecular complexity index is 1050. The smallest absolute Gasteiger partial charge is 0.270 e. The Balaban J connectivity index is 1.54. The summed E-state index contributed by atoms with van der Waals surface area (Å²) < 4.78 is 1.20. The van der Waals surface area contributed by atoms with Gasteiger partial charge in [0.1, 0.15) is 5.56 Å². The van der Waals surface area contributed by atoms with Gasteiger partial charge >= 0.3 is 0 Å². The van der Waals surface area contributed by atoms with E-state index in [9.17, 15) is 14.7 Å². The van der Waals surface area contributed by atoms with E-state index in [1.54, 1.807) is 11.0 Å². The Hall–Kier alpha value is -3.16. The van der Waals surface area contributed by atoms with Gasteiger partial charge in [-0.3, -0.25) is 19.1 Å². The molecular weight excluding hydrogens is 346 g/mol. The molecule has 4 rings (SSSR count). The fourth-order valence-electron chi connectivity index (χ4n) is 3.74. The molecule has 27 heavy (non-hydrogen) atoms. The highest BCUT2D eigenvalue weighted by Gasteiger charge is 2.28. The Morgan fingerprint density at radius 3 is 2.85 bits per heavy atom. The van der Waals surface area contributed by atoms with Crippen molar-refractivity contribution < 1.29 is 9.90 Å². The molecule has 8 heteroatoms. The molecule has 2 N–H and O–H groups in total. The molecule has 0 atom stereocenters. The molecule has 3 aromatic heterocycles. The SMILES string of the molecule is CCc1cn[nH]c1C1CCN(C(=O)c2cnc3c(O)cccn3c2=O)CC1. The summed E-state index contributed by atoms with van der Waals surface area (Å²) in [6.07, 6.45) is 7.20. The summed E-state index contributed by atoms with van der Waals surface area (Å²) >= 11 is 0. The minimum absolute atomic E-state index is 0.0207. The van der Waals surface area contributed by atoms with Crippen LogP contribution in [0.4, 0.5) is 0 Å². The highest BCUT2D eigenvalue weighted by atomic mass is 16.3. The lowest BCUT2D eigenvalue weighted by Crippen LogP contribution is -2.40.